The fourth-order valence-electron chi connectivity index (χ4n) is 1.37. The predicted molar refractivity (Wildman–Crippen MR) is 65.7 cm³/mol. The molecule has 1 rings (SSSR count). The molecule has 0 aliphatic rings. The molecule has 1 aromatic rings. The van der Waals surface area contributed by atoms with Crippen molar-refractivity contribution in [2.45, 2.75) is 19.9 Å². The van der Waals surface area contributed by atoms with Crippen LogP contribution in [0.25, 0.3) is 0 Å². The van der Waals surface area contributed by atoms with Crippen LogP contribution in [0, 0.1) is 19.3 Å². The monoisotopic (exact) mass is 267 g/mol. The van der Waals surface area contributed by atoms with Crippen LogP contribution in [0.5, 0.6) is 5.75 Å². The second-order valence-corrected chi connectivity index (χ2v) is 4.13. The highest BCUT2D eigenvalue weighted by atomic mass is 79.9. The van der Waals surface area contributed by atoms with Crippen LogP contribution in [-0.2, 0) is 6.54 Å². The number of halogens is 1. The van der Waals surface area contributed by atoms with E-state index < -0.39 is 0 Å². The van der Waals surface area contributed by atoms with E-state index in [-0.39, 0.29) is 0 Å². The molecular formula is C12H14BrNO. The fourth-order valence-corrected chi connectivity index (χ4v) is 1.99. The molecule has 2 N–H and O–H groups in total. The predicted octanol–water partition coefficient (Wildman–Crippen LogP) is 2.62. The number of benzene rings is 1. The SMILES string of the molecule is C#CCCOc1c(C)cc(Br)cc1CN. The lowest BCUT2D eigenvalue weighted by Crippen LogP contribution is -2.05. The highest BCUT2D eigenvalue weighted by Crippen LogP contribution is 2.27. The van der Waals surface area contributed by atoms with Gasteiger partial charge in [0, 0.05) is 23.0 Å². The topological polar surface area (TPSA) is 35.2 Å². The van der Waals surface area contributed by atoms with Gasteiger partial charge in [-0.2, -0.15) is 0 Å². The summed E-state index contributed by atoms with van der Waals surface area (Å²) in [6, 6.07) is 3.97. The molecule has 3 heteroatoms. The van der Waals surface area contributed by atoms with Crippen molar-refractivity contribution in [2.24, 2.45) is 5.73 Å². The molecule has 0 heterocycles. The summed E-state index contributed by atoms with van der Waals surface area (Å²) in [6.45, 7) is 2.99. The third-order valence-electron chi connectivity index (χ3n) is 2.03. The van der Waals surface area contributed by atoms with Gasteiger partial charge in [0.05, 0.1) is 6.61 Å². The van der Waals surface area contributed by atoms with Gasteiger partial charge in [-0.1, -0.05) is 15.9 Å². The zero-order chi connectivity index (χ0) is 11.3. The van der Waals surface area contributed by atoms with E-state index in [1.54, 1.807) is 0 Å². The highest BCUT2D eigenvalue weighted by Gasteiger charge is 2.07. The molecule has 0 aliphatic carbocycles. The molecule has 0 atom stereocenters. The van der Waals surface area contributed by atoms with E-state index >= 15 is 0 Å². The van der Waals surface area contributed by atoms with Crippen LogP contribution in [-0.4, -0.2) is 6.61 Å². The maximum absolute atomic E-state index is 5.65. The summed E-state index contributed by atoms with van der Waals surface area (Å²) in [5, 5.41) is 0. The summed E-state index contributed by atoms with van der Waals surface area (Å²) < 4.78 is 6.63. The molecule has 0 spiro atoms. The van der Waals surface area contributed by atoms with Crippen molar-refractivity contribution in [1.82, 2.24) is 0 Å². The van der Waals surface area contributed by atoms with Gasteiger partial charge >= 0.3 is 0 Å². The van der Waals surface area contributed by atoms with Crippen LogP contribution in [0.4, 0.5) is 0 Å². The summed E-state index contributed by atoms with van der Waals surface area (Å²) in [6.07, 6.45) is 5.77. The van der Waals surface area contributed by atoms with Crippen molar-refractivity contribution < 1.29 is 4.74 Å². The molecule has 0 saturated carbocycles. The van der Waals surface area contributed by atoms with Crippen molar-refractivity contribution in [3.8, 4) is 18.1 Å². The maximum atomic E-state index is 5.65. The molecular weight excluding hydrogens is 254 g/mol. The molecule has 0 aliphatic heterocycles. The van der Waals surface area contributed by atoms with Gasteiger partial charge in [0.1, 0.15) is 5.75 Å². The van der Waals surface area contributed by atoms with E-state index in [4.69, 9.17) is 16.9 Å². The molecule has 1 aromatic carbocycles. The third kappa shape index (κ3) is 3.26. The van der Waals surface area contributed by atoms with Crippen LogP contribution in [0.15, 0.2) is 16.6 Å². The van der Waals surface area contributed by atoms with E-state index in [9.17, 15) is 0 Å². The minimum absolute atomic E-state index is 0.464. The Bertz CT molecular complexity index is 382. The average Bonchev–Trinajstić information content (AvgIpc) is 2.20. The molecule has 0 fully saturated rings. The van der Waals surface area contributed by atoms with E-state index in [0.29, 0.717) is 19.6 Å². The first-order valence-electron chi connectivity index (χ1n) is 4.74. The van der Waals surface area contributed by atoms with Gasteiger partial charge in [0.15, 0.2) is 0 Å². The first kappa shape index (κ1) is 12.1. The highest BCUT2D eigenvalue weighted by molar-refractivity contribution is 9.10. The molecule has 15 heavy (non-hydrogen) atoms. The molecule has 0 bridgehead atoms. The van der Waals surface area contributed by atoms with Gasteiger partial charge in [0.25, 0.3) is 0 Å². The molecule has 0 saturated heterocycles. The lowest BCUT2D eigenvalue weighted by atomic mass is 10.1. The zero-order valence-corrected chi connectivity index (χ0v) is 10.3. The Kier molecular flexibility index (Phi) is 4.67. The van der Waals surface area contributed by atoms with Gasteiger partial charge in [0.2, 0.25) is 0 Å². The van der Waals surface area contributed by atoms with Gasteiger partial charge < -0.3 is 10.5 Å². The molecule has 0 radical (unpaired) electrons. The average molecular weight is 268 g/mol. The Balaban J connectivity index is 2.90. The molecule has 0 amide bonds. The van der Waals surface area contributed by atoms with Gasteiger partial charge in [-0.25, -0.2) is 0 Å². The van der Waals surface area contributed by atoms with Crippen LogP contribution < -0.4 is 10.5 Å². The number of hydrogen-bond donors (Lipinski definition) is 1. The first-order chi connectivity index (χ1) is 7.19. The molecule has 80 valence electrons. The Labute approximate surface area is 98.9 Å². The molecule has 2 nitrogen and oxygen atoms in total. The minimum atomic E-state index is 0.464. The van der Waals surface area contributed by atoms with Crippen molar-refractivity contribution in [3.63, 3.8) is 0 Å². The smallest absolute Gasteiger partial charge is 0.126 e. The number of rotatable bonds is 4. The quantitative estimate of drug-likeness (QED) is 0.673. The van der Waals surface area contributed by atoms with Crippen LogP contribution in [0.2, 0.25) is 0 Å². The summed E-state index contributed by atoms with van der Waals surface area (Å²) >= 11 is 3.43. The van der Waals surface area contributed by atoms with Crippen LogP contribution in [0.1, 0.15) is 17.5 Å². The summed E-state index contributed by atoms with van der Waals surface area (Å²) in [5.41, 5.74) is 7.72. The Morgan fingerprint density at radius 2 is 2.27 bits per heavy atom. The standard InChI is InChI=1S/C12H14BrNO/c1-3-4-5-15-12-9(2)6-11(13)7-10(12)8-14/h1,6-7H,4-5,8,14H2,2H3. The lowest BCUT2D eigenvalue weighted by Gasteiger charge is -2.13. The van der Waals surface area contributed by atoms with Crippen LogP contribution in [0.3, 0.4) is 0 Å². The van der Waals surface area contributed by atoms with Crippen molar-refractivity contribution in [1.29, 1.82) is 0 Å². The Hall–Kier alpha value is -0.980. The second kappa shape index (κ2) is 5.79. The lowest BCUT2D eigenvalue weighted by molar-refractivity contribution is 0.321. The number of nitrogens with two attached hydrogens (primary N) is 1. The second-order valence-electron chi connectivity index (χ2n) is 3.22. The number of terminal acetylenes is 1. The van der Waals surface area contributed by atoms with Crippen molar-refractivity contribution in [3.05, 3.63) is 27.7 Å². The molecule has 0 aromatic heterocycles. The molecule has 0 unspecified atom stereocenters. The normalized spacial score (nSPS) is 9.73. The summed E-state index contributed by atoms with van der Waals surface area (Å²) in [5.74, 6) is 3.40. The van der Waals surface area contributed by atoms with E-state index in [0.717, 1.165) is 21.3 Å². The summed E-state index contributed by atoms with van der Waals surface area (Å²) in [7, 11) is 0. The fraction of sp³-hybridized carbons (Fsp3) is 0.333. The summed E-state index contributed by atoms with van der Waals surface area (Å²) in [4.78, 5) is 0. The number of hydrogen-bond acceptors (Lipinski definition) is 2. The van der Waals surface area contributed by atoms with Gasteiger partial charge in [-0.3, -0.25) is 0 Å². The third-order valence-corrected chi connectivity index (χ3v) is 2.49. The Morgan fingerprint density at radius 3 is 2.87 bits per heavy atom. The number of aryl methyl sites for hydroxylation is 1. The van der Waals surface area contributed by atoms with Crippen LogP contribution >= 0.6 is 15.9 Å². The Morgan fingerprint density at radius 1 is 1.53 bits per heavy atom. The van der Waals surface area contributed by atoms with E-state index in [1.807, 2.05) is 19.1 Å². The maximum Gasteiger partial charge on any atom is 0.126 e. The zero-order valence-electron chi connectivity index (χ0n) is 8.72. The van der Waals surface area contributed by atoms with Gasteiger partial charge in [-0.05, 0) is 24.6 Å². The van der Waals surface area contributed by atoms with E-state index in [2.05, 4.69) is 21.9 Å². The number of ether oxygens (including phenoxy) is 1. The van der Waals surface area contributed by atoms with Crippen molar-refractivity contribution in [2.75, 3.05) is 6.61 Å². The minimum Gasteiger partial charge on any atom is -0.492 e. The van der Waals surface area contributed by atoms with Gasteiger partial charge in [-0.15, -0.1) is 12.3 Å². The van der Waals surface area contributed by atoms with E-state index in [1.165, 1.54) is 0 Å². The largest absolute Gasteiger partial charge is 0.492 e. The first-order valence-corrected chi connectivity index (χ1v) is 5.53. The van der Waals surface area contributed by atoms with Crippen molar-refractivity contribution >= 4 is 15.9 Å².